The number of amides is 1. The third kappa shape index (κ3) is 5.68. The number of carbonyl (C=O) groups is 1. The van der Waals surface area contributed by atoms with E-state index in [2.05, 4.69) is 5.32 Å². The molecule has 31 heavy (non-hydrogen) atoms. The average Bonchev–Trinajstić information content (AvgIpc) is 2.74. The van der Waals surface area contributed by atoms with Crippen molar-refractivity contribution in [2.45, 2.75) is 4.90 Å². The molecule has 0 atom stereocenters. The lowest BCUT2D eigenvalue weighted by Gasteiger charge is -2.33. The quantitative estimate of drug-likeness (QED) is 0.674. The van der Waals surface area contributed by atoms with Gasteiger partial charge in [-0.3, -0.25) is 9.69 Å². The van der Waals surface area contributed by atoms with E-state index < -0.39 is 10.0 Å². The molecule has 0 aliphatic carbocycles. The second kappa shape index (κ2) is 9.86. The van der Waals surface area contributed by atoms with E-state index in [1.807, 2.05) is 48.2 Å². The predicted octanol–water partition coefficient (Wildman–Crippen LogP) is 2.36. The van der Waals surface area contributed by atoms with Crippen molar-refractivity contribution in [2.75, 3.05) is 64.1 Å². The van der Waals surface area contributed by atoms with Crippen molar-refractivity contribution in [1.29, 1.82) is 0 Å². The number of benzene rings is 2. The van der Waals surface area contributed by atoms with Gasteiger partial charge in [0.1, 0.15) is 10.6 Å². The maximum Gasteiger partial charge on any atom is 0.246 e. The molecule has 10 heteroatoms. The SMILES string of the molecule is COc1ccc(Cl)cc1S(=O)(=O)N1CCN(CC(=O)Nc2ccc(N(C)C)cc2)CC1. The number of halogens is 1. The van der Waals surface area contributed by atoms with Crippen LogP contribution in [-0.2, 0) is 14.8 Å². The van der Waals surface area contributed by atoms with Crippen molar-refractivity contribution in [3.05, 3.63) is 47.5 Å². The first-order chi connectivity index (χ1) is 14.7. The molecule has 0 aromatic heterocycles. The van der Waals surface area contributed by atoms with Crippen molar-refractivity contribution < 1.29 is 17.9 Å². The Labute approximate surface area is 188 Å². The van der Waals surface area contributed by atoms with Gasteiger partial charge in [0.25, 0.3) is 0 Å². The van der Waals surface area contributed by atoms with Crippen LogP contribution in [-0.4, -0.2) is 77.5 Å². The largest absolute Gasteiger partial charge is 0.495 e. The van der Waals surface area contributed by atoms with E-state index in [4.69, 9.17) is 16.3 Å². The molecule has 8 nitrogen and oxygen atoms in total. The van der Waals surface area contributed by atoms with Crippen LogP contribution in [0.1, 0.15) is 0 Å². The molecule has 1 saturated heterocycles. The fourth-order valence-electron chi connectivity index (χ4n) is 3.37. The number of hydrogen-bond donors (Lipinski definition) is 1. The highest BCUT2D eigenvalue weighted by molar-refractivity contribution is 7.89. The summed E-state index contributed by atoms with van der Waals surface area (Å²) in [5, 5.41) is 3.21. The minimum atomic E-state index is -3.75. The zero-order valence-electron chi connectivity index (χ0n) is 17.8. The number of nitrogens with zero attached hydrogens (tertiary/aromatic N) is 3. The predicted molar refractivity (Wildman–Crippen MR) is 123 cm³/mol. The summed E-state index contributed by atoms with van der Waals surface area (Å²) in [6, 6.07) is 12.1. The summed E-state index contributed by atoms with van der Waals surface area (Å²) < 4.78 is 32.7. The Morgan fingerprint density at radius 3 is 2.32 bits per heavy atom. The van der Waals surface area contributed by atoms with Gasteiger partial charge in [0.05, 0.1) is 13.7 Å². The summed E-state index contributed by atoms with van der Waals surface area (Å²) in [6.07, 6.45) is 0. The van der Waals surface area contributed by atoms with Crippen LogP contribution >= 0.6 is 11.6 Å². The van der Waals surface area contributed by atoms with Gasteiger partial charge in [0, 0.05) is 56.7 Å². The van der Waals surface area contributed by atoms with E-state index in [1.54, 1.807) is 12.1 Å². The molecule has 0 radical (unpaired) electrons. The Balaban J connectivity index is 1.57. The van der Waals surface area contributed by atoms with Crippen molar-refractivity contribution in [3.8, 4) is 5.75 Å². The number of rotatable bonds is 7. The van der Waals surface area contributed by atoms with Crippen LogP contribution in [0.25, 0.3) is 0 Å². The Hall–Kier alpha value is -2.33. The third-order valence-corrected chi connectivity index (χ3v) is 7.26. The second-order valence-corrected chi connectivity index (χ2v) is 9.81. The molecule has 0 unspecified atom stereocenters. The minimum absolute atomic E-state index is 0.0508. The van der Waals surface area contributed by atoms with Crippen LogP contribution in [0, 0.1) is 0 Å². The van der Waals surface area contributed by atoms with Crippen molar-refractivity contribution >= 4 is 38.9 Å². The maximum atomic E-state index is 13.1. The minimum Gasteiger partial charge on any atom is -0.495 e. The molecule has 1 fully saturated rings. The summed E-state index contributed by atoms with van der Waals surface area (Å²) >= 11 is 6.00. The first kappa shape index (κ1) is 23.3. The van der Waals surface area contributed by atoms with Gasteiger partial charge in [-0.2, -0.15) is 4.31 Å². The Morgan fingerprint density at radius 2 is 1.74 bits per heavy atom. The van der Waals surface area contributed by atoms with Gasteiger partial charge in [0.2, 0.25) is 15.9 Å². The summed E-state index contributed by atoms with van der Waals surface area (Å²) in [7, 11) is 1.59. The van der Waals surface area contributed by atoms with Gasteiger partial charge in [-0.25, -0.2) is 8.42 Å². The van der Waals surface area contributed by atoms with Crippen molar-refractivity contribution in [2.24, 2.45) is 0 Å². The third-order valence-electron chi connectivity index (χ3n) is 5.11. The molecule has 2 aromatic rings. The highest BCUT2D eigenvalue weighted by Crippen LogP contribution is 2.30. The summed E-state index contributed by atoms with van der Waals surface area (Å²) in [4.78, 5) is 16.4. The van der Waals surface area contributed by atoms with E-state index in [0.717, 1.165) is 11.4 Å². The fraction of sp³-hybridized carbons (Fsp3) is 0.381. The summed E-state index contributed by atoms with van der Waals surface area (Å²) in [6.45, 7) is 1.67. The molecule has 1 aliphatic rings. The molecular weight excluding hydrogens is 440 g/mol. The van der Waals surface area contributed by atoms with Gasteiger partial charge in [-0.05, 0) is 42.5 Å². The highest BCUT2D eigenvalue weighted by atomic mass is 35.5. The van der Waals surface area contributed by atoms with Gasteiger partial charge >= 0.3 is 0 Å². The molecule has 1 N–H and O–H groups in total. The topological polar surface area (TPSA) is 82.2 Å². The molecule has 1 aliphatic heterocycles. The lowest BCUT2D eigenvalue weighted by atomic mass is 10.2. The smallest absolute Gasteiger partial charge is 0.246 e. The average molecular weight is 467 g/mol. The Kier molecular flexibility index (Phi) is 7.42. The molecular formula is C21H27ClN4O4S. The normalized spacial score (nSPS) is 15.5. The van der Waals surface area contributed by atoms with E-state index in [0.29, 0.717) is 18.1 Å². The number of carbonyl (C=O) groups excluding carboxylic acids is 1. The number of hydrogen-bond acceptors (Lipinski definition) is 6. The Morgan fingerprint density at radius 1 is 1.10 bits per heavy atom. The Bertz CT molecular complexity index is 1020. The highest BCUT2D eigenvalue weighted by Gasteiger charge is 2.31. The fourth-order valence-corrected chi connectivity index (χ4v) is 5.21. The van der Waals surface area contributed by atoms with Gasteiger partial charge < -0.3 is 15.0 Å². The number of piperazine rings is 1. The maximum absolute atomic E-state index is 13.1. The molecule has 0 bridgehead atoms. The molecule has 1 heterocycles. The van der Waals surface area contributed by atoms with Crippen molar-refractivity contribution in [1.82, 2.24) is 9.21 Å². The van der Waals surface area contributed by atoms with Crippen LogP contribution in [0.5, 0.6) is 5.75 Å². The number of sulfonamides is 1. The van der Waals surface area contributed by atoms with Crippen LogP contribution in [0.4, 0.5) is 11.4 Å². The zero-order chi connectivity index (χ0) is 22.6. The molecule has 0 saturated carbocycles. The standard InChI is InChI=1S/C21H27ClN4O4S/c1-24(2)18-7-5-17(6-8-18)23-21(27)15-25-10-12-26(13-11-25)31(28,29)20-14-16(22)4-9-19(20)30-3/h4-9,14H,10-13,15H2,1-3H3,(H,23,27). The van der Waals surface area contributed by atoms with Gasteiger partial charge in [-0.1, -0.05) is 11.6 Å². The first-order valence-corrected chi connectivity index (χ1v) is 11.7. The van der Waals surface area contributed by atoms with Gasteiger partial charge in [-0.15, -0.1) is 0 Å². The molecule has 2 aromatic carbocycles. The number of ether oxygens (including phenoxy) is 1. The number of methoxy groups -OCH3 is 1. The monoisotopic (exact) mass is 466 g/mol. The second-order valence-electron chi connectivity index (χ2n) is 7.46. The van der Waals surface area contributed by atoms with Crippen LogP contribution in [0.15, 0.2) is 47.4 Å². The van der Waals surface area contributed by atoms with Gasteiger partial charge in [0.15, 0.2) is 0 Å². The number of nitrogens with one attached hydrogen (secondary N) is 1. The first-order valence-electron chi connectivity index (χ1n) is 9.84. The van der Waals surface area contributed by atoms with E-state index in [-0.39, 0.29) is 36.2 Å². The van der Waals surface area contributed by atoms with E-state index >= 15 is 0 Å². The van der Waals surface area contributed by atoms with Crippen LogP contribution in [0.2, 0.25) is 5.02 Å². The summed E-state index contributed by atoms with van der Waals surface area (Å²) in [5.74, 6) is 0.122. The lowest BCUT2D eigenvalue weighted by Crippen LogP contribution is -2.50. The van der Waals surface area contributed by atoms with Crippen LogP contribution in [0.3, 0.4) is 0 Å². The molecule has 0 spiro atoms. The van der Waals surface area contributed by atoms with E-state index in [9.17, 15) is 13.2 Å². The molecule has 168 valence electrons. The number of anilines is 2. The molecule has 1 amide bonds. The molecule has 3 rings (SSSR count). The lowest BCUT2D eigenvalue weighted by molar-refractivity contribution is -0.117. The van der Waals surface area contributed by atoms with Crippen LogP contribution < -0.4 is 15.0 Å². The van der Waals surface area contributed by atoms with E-state index in [1.165, 1.54) is 17.5 Å². The van der Waals surface area contributed by atoms with Crippen molar-refractivity contribution in [3.63, 3.8) is 0 Å². The zero-order valence-corrected chi connectivity index (χ0v) is 19.4. The summed E-state index contributed by atoms with van der Waals surface area (Å²) in [5.41, 5.74) is 1.77.